The van der Waals surface area contributed by atoms with Gasteiger partial charge in [0.25, 0.3) is 11.8 Å². The molecule has 0 unspecified atom stereocenters. The van der Waals surface area contributed by atoms with E-state index in [9.17, 15) is 9.59 Å². The Morgan fingerprint density at radius 1 is 0.974 bits per heavy atom. The summed E-state index contributed by atoms with van der Waals surface area (Å²) in [6.07, 6.45) is 3.51. The van der Waals surface area contributed by atoms with Crippen LogP contribution in [0.25, 0.3) is 0 Å². The van der Waals surface area contributed by atoms with Crippen LogP contribution in [-0.4, -0.2) is 35.0 Å². The van der Waals surface area contributed by atoms with Crippen LogP contribution in [0.15, 0.2) is 84.9 Å². The van der Waals surface area contributed by atoms with E-state index in [-0.39, 0.29) is 17.7 Å². The summed E-state index contributed by atoms with van der Waals surface area (Å²) in [5.74, 6) is 0.903. The fourth-order valence-electron chi connectivity index (χ4n) is 5.15. The van der Waals surface area contributed by atoms with Crippen molar-refractivity contribution in [3.8, 4) is 0 Å². The number of fused-ring (bicyclic) bond motifs is 1. The SMILES string of the molecule is CN(C(=O)c1cccc(Cl)c1)c1nc2n(c1C(=O)NCCC(c1ccccc1)c1ccccc1)CCCC2. The molecule has 0 bridgehead atoms. The van der Waals surface area contributed by atoms with E-state index in [0.29, 0.717) is 35.2 Å². The lowest BCUT2D eigenvalue weighted by atomic mass is 9.88. The molecule has 0 atom stereocenters. The van der Waals surface area contributed by atoms with Crippen LogP contribution in [0.4, 0.5) is 5.82 Å². The molecule has 0 saturated carbocycles. The van der Waals surface area contributed by atoms with Gasteiger partial charge in [-0.2, -0.15) is 0 Å². The van der Waals surface area contributed by atoms with E-state index in [2.05, 4.69) is 29.6 Å². The van der Waals surface area contributed by atoms with Crippen LogP contribution in [0.2, 0.25) is 5.02 Å². The molecule has 1 aromatic heterocycles. The molecule has 2 heterocycles. The van der Waals surface area contributed by atoms with Gasteiger partial charge in [0.05, 0.1) is 0 Å². The number of amides is 2. The standard InChI is InChI=1S/C31H31ClN4O2/c1-35(31(38)24-15-10-16-25(32)21-24)29-28(36-20-9-8-17-27(36)34-29)30(37)33-19-18-26(22-11-4-2-5-12-22)23-13-6-3-7-14-23/h2-7,10-16,21,26H,8-9,17-20H2,1H3,(H,33,37). The number of carbonyl (C=O) groups excluding carboxylic acids is 2. The second-order valence-corrected chi connectivity index (χ2v) is 10.0. The third-order valence-electron chi connectivity index (χ3n) is 7.09. The van der Waals surface area contributed by atoms with Crippen molar-refractivity contribution in [3.63, 3.8) is 0 Å². The van der Waals surface area contributed by atoms with Gasteiger partial charge in [-0.05, 0) is 48.6 Å². The molecule has 0 spiro atoms. The number of rotatable bonds is 8. The third-order valence-corrected chi connectivity index (χ3v) is 7.33. The van der Waals surface area contributed by atoms with Crippen molar-refractivity contribution in [2.75, 3.05) is 18.5 Å². The lowest BCUT2D eigenvalue weighted by Gasteiger charge is -2.20. The zero-order valence-electron chi connectivity index (χ0n) is 21.4. The molecule has 0 saturated heterocycles. The predicted molar refractivity (Wildman–Crippen MR) is 151 cm³/mol. The molecule has 4 aromatic rings. The summed E-state index contributed by atoms with van der Waals surface area (Å²) >= 11 is 6.12. The van der Waals surface area contributed by atoms with Gasteiger partial charge in [0.1, 0.15) is 5.82 Å². The Hall–Kier alpha value is -3.90. The Labute approximate surface area is 228 Å². The normalized spacial score (nSPS) is 12.7. The first kappa shape index (κ1) is 25.7. The highest BCUT2D eigenvalue weighted by molar-refractivity contribution is 6.31. The third kappa shape index (κ3) is 5.50. The Balaban J connectivity index is 1.38. The summed E-state index contributed by atoms with van der Waals surface area (Å²) in [6, 6.07) is 27.5. The van der Waals surface area contributed by atoms with Crippen molar-refractivity contribution in [2.45, 2.75) is 38.1 Å². The van der Waals surface area contributed by atoms with Crippen LogP contribution < -0.4 is 10.2 Å². The molecule has 5 rings (SSSR count). The van der Waals surface area contributed by atoms with Crippen molar-refractivity contribution in [1.82, 2.24) is 14.9 Å². The highest BCUT2D eigenvalue weighted by atomic mass is 35.5. The van der Waals surface area contributed by atoms with Gasteiger partial charge in [-0.25, -0.2) is 4.98 Å². The molecule has 1 aliphatic heterocycles. The Kier molecular flexibility index (Phi) is 7.89. The highest BCUT2D eigenvalue weighted by Crippen LogP contribution is 2.29. The summed E-state index contributed by atoms with van der Waals surface area (Å²) in [5, 5.41) is 3.61. The topological polar surface area (TPSA) is 67.2 Å². The molecular formula is C31H31ClN4O2. The number of benzene rings is 3. The number of nitrogens with zero attached hydrogens (tertiary/aromatic N) is 3. The first-order valence-corrected chi connectivity index (χ1v) is 13.4. The molecule has 0 fully saturated rings. The number of hydrogen-bond donors (Lipinski definition) is 1. The van der Waals surface area contributed by atoms with Crippen molar-refractivity contribution >= 4 is 29.2 Å². The number of nitrogens with one attached hydrogen (secondary N) is 1. The Morgan fingerprint density at radius 3 is 2.32 bits per heavy atom. The number of hydrogen-bond acceptors (Lipinski definition) is 3. The molecule has 0 aliphatic carbocycles. The smallest absolute Gasteiger partial charge is 0.271 e. The molecular weight excluding hydrogens is 496 g/mol. The largest absolute Gasteiger partial charge is 0.351 e. The summed E-state index contributed by atoms with van der Waals surface area (Å²) in [6.45, 7) is 1.19. The average molecular weight is 527 g/mol. The second kappa shape index (κ2) is 11.7. The van der Waals surface area contributed by atoms with Crippen molar-refractivity contribution in [3.05, 3.63) is 118 Å². The van der Waals surface area contributed by atoms with E-state index in [1.807, 2.05) is 41.0 Å². The monoisotopic (exact) mass is 526 g/mol. The summed E-state index contributed by atoms with van der Waals surface area (Å²) < 4.78 is 1.97. The Morgan fingerprint density at radius 2 is 1.66 bits per heavy atom. The molecule has 3 aromatic carbocycles. The number of carbonyl (C=O) groups is 2. The van der Waals surface area contributed by atoms with Crippen molar-refractivity contribution in [1.29, 1.82) is 0 Å². The van der Waals surface area contributed by atoms with E-state index < -0.39 is 0 Å². The summed E-state index contributed by atoms with van der Waals surface area (Å²) in [5.41, 5.74) is 3.31. The van der Waals surface area contributed by atoms with E-state index in [4.69, 9.17) is 16.6 Å². The summed E-state index contributed by atoms with van der Waals surface area (Å²) in [7, 11) is 1.66. The zero-order chi connectivity index (χ0) is 26.5. The van der Waals surface area contributed by atoms with Crippen LogP contribution in [0.1, 0.15) is 63.0 Å². The number of anilines is 1. The second-order valence-electron chi connectivity index (χ2n) is 9.60. The molecule has 1 N–H and O–H groups in total. The van der Waals surface area contributed by atoms with Gasteiger partial charge in [0.2, 0.25) is 0 Å². The van der Waals surface area contributed by atoms with Crippen LogP contribution >= 0.6 is 11.6 Å². The Bertz CT molecular complexity index is 1380. The molecule has 1 aliphatic rings. The van der Waals surface area contributed by atoms with Gasteiger partial charge in [-0.1, -0.05) is 78.3 Å². The van der Waals surface area contributed by atoms with Gasteiger partial charge in [-0.3, -0.25) is 14.5 Å². The van der Waals surface area contributed by atoms with Crippen LogP contribution in [-0.2, 0) is 13.0 Å². The van der Waals surface area contributed by atoms with E-state index in [0.717, 1.165) is 31.5 Å². The van der Waals surface area contributed by atoms with Gasteiger partial charge < -0.3 is 9.88 Å². The zero-order valence-corrected chi connectivity index (χ0v) is 22.2. The molecule has 38 heavy (non-hydrogen) atoms. The minimum absolute atomic E-state index is 0.156. The number of halogens is 1. The quantitative estimate of drug-likeness (QED) is 0.301. The van der Waals surface area contributed by atoms with Crippen LogP contribution in [0.3, 0.4) is 0 Å². The minimum atomic E-state index is -0.259. The van der Waals surface area contributed by atoms with Crippen LogP contribution in [0, 0.1) is 0 Å². The maximum Gasteiger partial charge on any atom is 0.271 e. The van der Waals surface area contributed by atoms with E-state index in [1.54, 1.807) is 31.3 Å². The predicted octanol–water partition coefficient (Wildman–Crippen LogP) is 6.10. The number of imidazole rings is 1. The maximum absolute atomic E-state index is 13.6. The number of aryl methyl sites for hydroxylation is 1. The lowest BCUT2D eigenvalue weighted by molar-refractivity contribution is 0.0943. The molecule has 194 valence electrons. The van der Waals surface area contributed by atoms with Gasteiger partial charge in [0, 0.05) is 43.1 Å². The van der Waals surface area contributed by atoms with Crippen molar-refractivity contribution < 1.29 is 9.59 Å². The highest BCUT2D eigenvalue weighted by Gasteiger charge is 2.29. The molecule has 2 amide bonds. The maximum atomic E-state index is 13.6. The average Bonchev–Trinajstić information content (AvgIpc) is 3.35. The lowest BCUT2D eigenvalue weighted by Crippen LogP contribution is -2.33. The van der Waals surface area contributed by atoms with Crippen LogP contribution in [0.5, 0.6) is 0 Å². The fraction of sp³-hybridized carbons (Fsp3) is 0.258. The van der Waals surface area contributed by atoms with Gasteiger partial charge >= 0.3 is 0 Å². The van der Waals surface area contributed by atoms with E-state index >= 15 is 0 Å². The number of aromatic nitrogens is 2. The molecule has 7 heteroatoms. The minimum Gasteiger partial charge on any atom is -0.351 e. The van der Waals surface area contributed by atoms with Crippen molar-refractivity contribution in [2.24, 2.45) is 0 Å². The first-order chi connectivity index (χ1) is 18.5. The van der Waals surface area contributed by atoms with E-state index in [1.165, 1.54) is 16.0 Å². The van der Waals surface area contributed by atoms with Gasteiger partial charge in [0.15, 0.2) is 11.5 Å². The first-order valence-electron chi connectivity index (χ1n) is 13.0. The fourth-order valence-corrected chi connectivity index (χ4v) is 5.34. The molecule has 0 radical (unpaired) electrons. The molecule has 6 nitrogen and oxygen atoms in total. The van der Waals surface area contributed by atoms with Gasteiger partial charge in [-0.15, -0.1) is 0 Å². The summed E-state index contributed by atoms with van der Waals surface area (Å²) in [4.78, 5) is 33.1.